The zero-order valence-corrected chi connectivity index (χ0v) is 10.3. The van der Waals surface area contributed by atoms with E-state index in [0.29, 0.717) is 0 Å². The zero-order valence-electron chi connectivity index (χ0n) is 8.67. The molecule has 1 aromatic rings. The largest absolute Gasteiger partial charge is 0.384 e. The Labute approximate surface area is 98.8 Å². The molecule has 1 unspecified atom stereocenters. The van der Waals surface area contributed by atoms with Crippen LogP contribution in [0.15, 0.2) is 22.9 Å². The molecule has 15 heavy (non-hydrogen) atoms. The van der Waals surface area contributed by atoms with E-state index in [-0.39, 0.29) is 0 Å². The second kappa shape index (κ2) is 5.47. The number of aromatic nitrogens is 1. The minimum atomic E-state index is 0.749. The van der Waals surface area contributed by atoms with Gasteiger partial charge in [0.05, 0.1) is 10.2 Å². The fourth-order valence-electron chi connectivity index (χ4n) is 1.87. The van der Waals surface area contributed by atoms with Gasteiger partial charge in [-0.25, -0.2) is 0 Å². The van der Waals surface area contributed by atoms with E-state index in [0.717, 1.165) is 29.2 Å². The van der Waals surface area contributed by atoms with E-state index in [2.05, 4.69) is 31.5 Å². The third-order valence-corrected chi connectivity index (χ3v) is 3.38. The van der Waals surface area contributed by atoms with Crippen LogP contribution in [-0.2, 0) is 0 Å². The van der Waals surface area contributed by atoms with Crippen LogP contribution in [-0.4, -0.2) is 24.6 Å². The molecule has 0 bridgehead atoms. The van der Waals surface area contributed by atoms with Gasteiger partial charge in [0.2, 0.25) is 0 Å². The van der Waals surface area contributed by atoms with E-state index in [1.807, 2.05) is 18.5 Å². The summed E-state index contributed by atoms with van der Waals surface area (Å²) in [7, 11) is 0. The third-order valence-electron chi connectivity index (χ3n) is 2.75. The van der Waals surface area contributed by atoms with E-state index in [4.69, 9.17) is 0 Å². The minimum Gasteiger partial charge on any atom is -0.384 e. The predicted octanol–water partition coefficient (Wildman–Crippen LogP) is 2.26. The quantitative estimate of drug-likeness (QED) is 0.884. The monoisotopic (exact) mass is 269 g/mol. The van der Waals surface area contributed by atoms with Crippen LogP contribution in [0.1, 0.15) is 12.8 Å². The Morgan fingerprint density at radius 3 is 3.27 bits per heavy atom. The molecule has 4 heteroatoms. The number of nitrogens with zero attached hydrogens (tertiary/aromatic N) is 1. The van der Waals surface area contributed by atoms with Crippen LogP contribution in [0.3, 0.4) is 0 Å². The summed E-state index contributed by atoms with van der Waals surface area (Å²) < 4.78 is 1.04. The molecule has 2 rings (SSSR count). The van der Waals surface area contributed by atoms with E-state index < -0.39 is 0 Å². The van der Waals surface area contributed by atoms with Crippen molar-refractivity contribution in [2.45, 2.75) is 12.8 Å². The molecule has 1 atom stereocenters. The maximum atomic E-state index is 4.04. The summed E-state index contributed by atoms with van der Waals surface area (Å²) in [5, 5.41) is 6.88. The summed E-state index contributed by atoms with van der Waals surface area (Å²) >= 11 is 3.48. The maximum Gasteiger partial charge on any atom is 0.0590 e. The van der Waals surface area contributed by atoms with Crippen LogP contribution >= 0.6 is 15.9 Å². The maximum absolute atomic E-state index is 4.04. The fourth-order valence-corrected chi connectivity index (χ4v) is 2.26. The van der Waals surface area contributed by atoms with Gasteiger partial charge in [0.1, 0.15) is 0 Å². The molecule has 0 aliphatic carbocycles. The van der Waals surface area contributed by atoms with Gasteiger partial charge >= 0.3 is 0 Å². The molecule has 2 heterocycles. The Bertz CT molecular complexity index is 310. The summed E-state index contributed by atoms with van der Waals surface area (Å²) in [5.74, 6) is 0.749. The molecule has 0 radical (unpaired) electrons. The van der Waals surface area contributed by atoms with Crippen molar-refractivity contribution in [3.8, 4) is 0 Å². The second-order valence-electron chi connectivity index (χ2n) is 3.95. The van der Waals surface area contributed by atoms with Gasteiger partial charge < -0.3 is 10.6 Å². The lowest BCUT2D eigenvalue weighted by molar-refractivity contribution is 0.393. The van der Waals surface area contributed by atoms with Crippen molar-refractivity contribution < 1.29 is 0 Å². The smallest absolute Gasteiger partial charge is 0.0590 e. The van der Waals surface area contributed by atoms with Crippen molar-refractivity contribution in [2.24, 2.45) is 5.92 Å². The predicted molar refractivity (Wildman–Crippen MR) is 66.0 cm³/mol. The molecule has 2 N–H and O–H groups in total. The van der Waals surface area contributed by atoms with Gasteiger partial charge in [-0.3, -0.25) is 4.98 Å². The van der Waals surface area contributed by atoms with Crippen molar-refractivity contribution >= 4 is 21.6 Å². The first-order chi connectivity index (χ1) is 7.36. The summed E-state index contributed by atoms with van der Waals surface area (Å²) in [6.45, 7) is 3.35. The summed E-state index contributed by atoms with van der Waals surface area (Å²) in [4.78, 5) is 4.04. The van der Waals surface area contributed by atoms with Gasteiger partial charge in [-0.15, -0.1) is 0 Å². The van der Waals surface area contributed by atoms with Crippen molar-refractivity contribution in [1.82, 2.24) is 10.3 Å². The Morgan fingerprint density at radius 2 is 2.53 bits per heavy atom. The SMILES string of the molecule is Brc1cnccc1NCC1CCCNC1. The van der Waals surface area contributed by atoms with E-state index >= 15 is 0 Å². The molecule has 0 saturated carbocycles. The standard InChI is InChI=1S/C11H16BrN3/c12-10-8-14-5-3-11(10)15-7-9-2-1-4-13-6-9/h3,5,8-9,13H,1-2,4,6-7H2,(H,14,15). The van der Waals surface area contributed by atoms with Crippen LogP contribution in [0.4, 0.5) is 5.69 Å². The fraction of sp³-hybridized carbons (Fsp3) is 0.545. The van der Waals surface area contributed by atoms with Crippen LogP contribution in [0.25, 0.3) is 0 Å². The Morgan fingerprint density at radius 1 is 1.60 bits per heavy atom. The van der Waals surface area contributed by atoms with E-state index in [1.165, 1.54) is 19.4 Å². The van der Waals surface area contributed by atoms with E-state index in [1.54, 1.807) is 0 Å². The van der Waals surface area contributed by atoms with Gasteiger partial charge in [-0.1, -0.05) is 0 Å². The molecule has 0 aromatic carbocycles. The zero-order chi connectivity index (χ0) is 10.5. The number of hydrogen-bond acceptors (Lipinski definition) is 3. The van der Waals surface area contributed by atoms with Gasteiger partial charge in [0.25, 0.3) is 0 Å². The first kappa shape index (κ1) is 10.9. The summed E-state index contributed by atoms with van der Waals surface area (Å²) in [5.41, 5.74) is 1.13. The minimum absolute atomic E-state index is 0.749. The Balaban J connectivity index is 1.84. The van der Waals surface area contributed by atoms with Gasteiger partial charge in [-0.05, 0) is 53.8 Å². The van der Waals surface area contributed by atoms with Gasteiger partial charge in [0.15, 0.2) is 0 Å². The van der Waals surface area contributed by atoms with Crippen LogP contribution in [0.5, 0.6) is 0 Å². The lowest BCUT2D eigenvalue weighted by Crippen LogP contribution is -2.33. The molecular formula is C11H16BrN3. The topological polar surface area (TPSA) is 37.0 Å². The third kappa shape index (κ3) is 3.18. The number of rotatable bonds is 3. The number of nitrogens with one attached hydrogen (secondary N) is 2. The van der Waals surface area contributed by atoms with Crippen molar-refractivity contribution in [1.29, 1.82) is 0 Å². The van der Waals surface area contributed by atoms with Crippen molar-refractivity contribution in [3.63, 3.8) is 0 Å². The number of pyridine rings is 1. The number of halogens is 1. The number of piperidine rings is 1. The highest BCUT2D eigenvalue weighted by Gasteiger charge is 2.12. The Hall–Kier alpha value is -0.610. The lowest BCUT2D eigenvalue weighted by Gasteiger charge is -2.23. The highest BCUT2D eigenvalue weighted by molar-refractivity contribution is 9.10. The highest BCUT2D eigenvalue weighted by Crippen LogP contribution is 2.21. The van der Waals surface area contributed by atoms with E-state index in [9.17, 15) is 0 Å². The molecular weight excluding hydrogens is 254 g/mol. The lowest BCUT2D eigenvalue weighted by atomic mass is 10.00. The number of anilines is 1. The molecule has 1 fully saturated rings. The normalized spacial score (nSPS) is 21.3. The molecule has 0 spiro atoms. The molecule has 3 nitrogen and oxygen atoms in total. The molecule has 1 aliphatic rings. The molecule has 82 valence electrons. The first-order valence-corrected chi connectivity index (χ1v) is 6.19. The van der Waals surface area contributed by atoms with Gasteiger partial charge in [0, 0.05) is 18.9 Å². The summed E-state index contributed by atoms with van der Waals surface area (Å²) in [6.07, 6.45) is 6.25. The molecule has 1 aromatic heterocycles. The summed E-state index contributed by atoms with van der Waals surface area (Å²) in [6, 6.07) is 2.00. The second-order valence-corrected chi connectivity index (χ2v) is 4.80. The van der Waals surface area contributed by atoms with Crippen LogP contribution in [0.2, 0.25) is 0 Å². The molecule has 1 aliphatic heterocycles. The first-order valence-electron chi connectivity index (χ1n) is 5.40. The Kier molecular flexibility index (Phi) is 3.97. The van der Waals surface area contributed by atoms with Crippen LogP contribution in [0, 0.1) is 5.92 Å². The number of hydrogen-bond donors (Lipinski definition) is 2. The highest BCUT2D eigenvalue weighted by atomic mass is 79.9. The average Bonchev–Trinajstić information content (AvgIpc) is 2.29. The van der Waals surface area contributed by atoms with Crippen molar-refractivity contribution in [2.75, 3.05) is 25.0 Å². The average molecular weight is 270 g/mol. The molecule has 1 saturated heterocycles. The van der Waals surface area contributed by atoms with Gasteiger partial charge in [-0.2, -0.15) is 0 Å². The van der Waals surface area contributed by atoms with Crippen molar-refractivity contribution in [3.05, 3.63) is 22.9 Å². The van der Waals surface area contributed by atoms with Crippen LogP contribution < -0.4 is 10.6 Å². The molecule has 0 amide bonds.